The average molecular weight is 271 g/mol. The Morgan fingerprint density at radius 1 is 1.30 bits per heavy atom. The number of nitrogens with zero attached hydrogens (tertiary/aromatic N) is 2. The highest BCUT2D eigenvalue weighted by Crippen LogP contribution is 2.17. The van der Waals surface area contributed by atoms with Crippen LogP contribution < -0.4 is 5.32 Å². The van der Waals surface area contributed by atoms with Crippen LogP contribution in [0, 0.1) is 19.8 Å². The van der Waals surface area contributed by atoms with Gasteiger partial charge in [0.1, 0.15) is 0 Å². The summed E-state index contributed by atoms with van der Waals surface area (Å²) in [7, 11) is 0. The normalized spacial score (nSPS) is 12.2. The number of imidazole rings is 1. The zero-order chi connectivity index (χ0) is 14.7. The first-order valence-electron chi connectivity index (χ1n) is 6.94. The van der Waals surface area contributed by atoms with Gasteiger partial charge in [0.05, 0.1) is 12.0 Å². The van der Waals surface area contributed by atoms with E-state index in [4.69, 9.17) is 0 Å². The summed E-state index contributed by atoms with van der Waals surface area (Å²) in [6, 6.07) is 7.81. The van der Waals surface area contributed by atoms with Crippen LogP contribution in [0.5, 0.6) is 0 Å². The minimum atomic E-state index is 0.0354. The number of benzene rings is 1. The van der Waals surface area contributed by atoms with Crippen molar-refractivity contribution in [3.63, 3.8) is 0 Å². The van der Waals surface area contributed by atoms with E-state index < -0.39 is 0 Å². The summed E-state index contributed by atoms with van der Waals surface area (Å²) in [6.45, 7) is 7.98. The smallest absolute Gasteiger partial charge is 0.227 e. The topological polar surface area (TPSA) is 46.9 Å². The average Bonchev–Trinajstić information content (AvgIpc) is 2.79. The number of anilines is 1. The van der Waals surface area contributed by atoms with Crippen LogP contribution in [-0.4, -0.2) is 15.5 Å². The first-order valence-corrected chi connectivity index (χ1v) is 6.94. The third-order valence-electron chi connectivity index (χ3n) is 3.72. The fraction of sp³-hybridized carbons (Fsp3) is 0.375. The number of aryl methyl sites for hydroxylation is 1. The van der Waals surface area contributed by atoms with Crippen molar-refractivity contribution in [3.8, 4) is 5.69 Å². The van der Waals surface area contributed by atoms with Crippen molar-refractivity contribution in [1.82, 2.24) is 9.55 Å². The maximum atomic E-state index is 11.8. The van der Waals surface area contributed by atoms with Gasteiger partial charge >= 0.3 is 0 Å². The van der Waals surface area contributed by atoms with E-state index in [0.29, 0.717) is 0 Å². The Hall–Kier alpha value is -2.10. The van der Waals surface area contributed by atoms with E-state index in [1.54, 1.807) is 0 Å². The van der Waals surface area contributed by atoms with Crippen LogP contribution in [0.25, 0.3) is 5.69 Å². The van der Waals surface area contributed by atoms with Crippen LogP contribution in [0.15, 0.2) is 30.6 Å². The largest absolute Gasteiger partial charge is 0.326 e. The molecule has 0 fully saturated rings. The molecule has 1 aromatic heterocycles. The molecule has 0 bridgehead atoms. The summed E-state index contributed by atoms with van der Waals surface area (Å²) in [5, 5.41) is 2.93. The molecule has 4 heteroatoms. The molecule has 1 aromatic carbocycles. The predicted molar refractivity (Wildman–Crippen MR) is 81.1 cm³/mol. The maximum absolute atomic E-state index is 11.8. The number of carbonyl (C=O) groups excluding carboxylic acids is 1. The van der Waals surface area contributed by atoms with Gasteiger partial charge in [0.15, 0.2) is 0 Å². The highest BCUT2D eigenvalue weighted by Gasteiger charge is 2.10. The van der Waals surface area contributed by atoms with Gasteiger partial charge in [-0.2, -0.15) is 0 Å². The van der Waals surface area contributed by atoms with E-state index in [2.05, 4.69) is 10.3 Å². The number of aromatic nitrogens is 2. The summed E-state index contributed by atoms with van der Waals surface area (Å²) >= 11 is 0. The molecule has 0 aliphatic rings. The third kappa shape index (κ3) is 2.90. The Labute approximate surface area is 119 Å². The Morgan fingerprint density at radius 2 is 1.95 bits per heavy atom. The summed E-state index contributed by atoms with van der Waals surface area (Å²) in [5.74, 6) is 0.100. The predicted octanol–water partition coefficient (Wildman–Crippen LogP) is 3.47. The zero-order valence-electron chi connectivity index (χ0n) is 12.5. The van der Waals surface area contributed by atoms with E-state index >= 15 is 0 Å². The zero-order valence-corrected chi connectivity index (χ0v) is 12.5. The van der Waals surface area contributed by atoms with Crippen molar-refractivity contribution in [3.05, 3.63) is 42.0 Å². The fourth-order valence-corrected chi connectivity index (χ4v) is 1.92. The monoisotopic (exact) mass is 271 g/mol. The van der Waals surface area contributed by atoms with E-state index in [9.17, 15) is 4.79 Å². The molecule has 0 saturated heterocycles. The molecular formula is C16H21N3O. The van der Waals surface area contributed by atoms with Crippen LogP contribution in [0.3, 0.4) is 0 Å². The number of amides is 1. The molecule has 1 amide bonds. The van der Waals surface area contributed by atoms with Crippen molar-refractivity contribution in [2.24, 2.45) is 5.92 Å². The molecule has 106 valence electrons. The van der Waals surface area contributed by atoms with Crippen molar-refractivity contribution in [1.29, 1.82) is 0 Å². The summed E-state index contributed by atoms with van der Waals surface area (Å²) in [4.78, 5) is 16.1. The number of carbonyl (C=O) groups is 1. The number of rotatable bonds is 4. The van der Waals surface area contributed by atoms with Crippen molar-refractivity contribution < 1.29 is 4.79 Å². The van der Waals surface area contributed by atoms with Gasteiger partial charge in [-0.1, -0.05) is 13.8 Å². The quantitative estimate of drug-likeness (QED) is 0.925. The first kappa shape index (κ1) is 14.3. The summed E-state index contributed by atoms with van der Waals surface area (Å²) < 4.78 is 2.04. The molecule has 1 heterocycles. The molecule has 1 atom stereocenters. The molecule has 0 radical (unpaired) electrons. The second-order valence-electron chi connectivity index (χ2n) is 5.13. The second kappa shape index (κ2) is 5.90. The van der Waals surface area contributed by atoms with Crippen LogP contribution >= 0.6 is 0 Å². The van der Waals surface area contributed by atoms with E-state index in [-0.39, 0.29) is 11.8 Å². The van der Waals surface area contributed by atoms with Crippen LogP contribution in [0.1, 0.15) is 31.7 Å². The standard InChI is InChI=1S/C16H21N3O/c1-5-11(2)16(20)18-14-6-8-15(9-7-14)19-10-17-12(3)13(19)4/h6-11H,5H2,1-4H3,(H,18,20). The van der Waals surface area contributed by atoms with Crippen molar-refractivity contribution in [2.45, 2.75) is 34.1 Å². The van der Waals surface area contributed by atoms with Gasteiger partial charge in [0.2, 0.25) is 5.91 Å². The lowest BCUT2D eigenvalue weighted by molar-refractivity contribution is -0.119. The molecule has 1 unspecified atom stereocenters. The third-order valence-corrected chi connectivity index (χ3v) is 3.72. The lowest BCUT2D eigenvalue weighted by Crippen LogP contribution is -2.19. The Balaban J connectivity index is 2.15. The molecule has 0 aliphatic carbocycles. The minimum Gasteiger partial charge on any atom is -0.326 e. The van der Waals surface area contributed by atoms with E-state index in [1.165, 1.54) is 0 Å². The number of hydrogen-bond acceptors (Lipinski definition) is 2. The number of nitrogens with one attached hydrogen (secondary N) is 1. The van der Waals surface area contributed by atoms with Crippen LogP contribution in [0.4, 0.5) is 5.69 Å². The van der Waals surface area contributed by atoms with Crippen molar-refractivity contribution in [2.75, 3.05) is 5.32 Å². The molecule has 0 spiro atoms. The highest BCUT2D eigenvalue weighted by atomic mass is 16.1. The van der Waals surface area contributed by atoms with E-state index in [0.717, 1.165) is 29.2 Å². The van der Waals surface area contributed by atoms with Gasteiger partial charge < -0.3 is 9.88 Å². The van der Waals surface area contributed by atoms with Gasteiger partial charge in [-0.15, -0.1) is 0 Å². The van der Waals surface area contributed by atoms with Gasteiger partial charge in [-0.3, -0.25) is 4.79 Å². The molecule has 4 nitrogen and oxygen atoms in total. The molecule has 2 rings (SSSR count). The summed E-state index contributed by atoms with van der Waals surface area (Å²) in [5.41, 5.74) is 4.03. The van der Waals surface area contributed by atoms with Crippen molar-refractivity contribution >= 4 is 11.6 Å². The Bertz CT molecular complexity index is 599. The SMILES string of the molecule is CCC(C)C(=O)Nc1ccc(-n2cnc(C)c2C)cc1. The molecule has 2 aromatic rings. The van der Waals surface area contributed by atoms with E-state index in [1.807, 2.05) is 62.9 Å². The molecule has 0 saturated carbocycles. The minimum absolute atomic E-state index is 0.0354. The molecule has 20 heavy (non-hydrogen) atoms. The first-order chi connectivity index (χ1) is 9.52. The van der Waals surface area contributed by atoms with Gasteiger partial charge in [0.25, 0.3) is 0 Å². The van der Waals surface area contributed by atoms with Gasteiger partial charge in [-0.25, -0.2) is 4.98 Å². The lowest BCUT2D eigenvalue weighted by Gasteiger charge is -2.11. The number of hydrogen-bond donors (Lipinski definition) is 1. The van der Waals surface area contributed by atoms with Crippen LogP contribution in [-0.2, 0) is 4.79 Å². The van der Waals surface area contributed by atoms with Gasteiger partial charge in [-0.05, 0) is 44.5 Å². The highest BCUT2D eigenvalue weighted by molar-refractivity contribution is 5.92. The van der Waals surface area contributed by atoms with Gasteiger partial charge in [0, 0.05) is 23.0 Å². The Morgan fingerprint density at radius 3 is 2.45 bits per heavy atom. The molecule has 1 N–H and O–H groups in total. The lowest BCUT2D eigenvalue weighted by atomic mass is 10.1. The summed E-state index contributed by atoms with van der Waals surface area (Å²) in [6.07, 6.45) is 2.66. The molecule has 0 aliphatic heterocycles. The Kier molecular flexibility index (Phi) is 4.23. The second-order valence-corrected chi connectivity index (χ2v) is 5.13. The maximum Gasteiger partial charge on any atom is 0.227 e. The fourth-order valence-electron chi connectivity index (χ4n) is 1.92. The molecular weight excluding hydrogens is 250 g/mol. The van der Waals surface area contributed by atoms with Crippen LogP contribution in [0.2, 0.25) is 0 Å².